The second-order valence-electron chi connectivity index (χ2n) is 7.95. The molecule has 3 aromatic carbocycles. The Balaban J connectivity index is 2.25. The summed E-state index contributed by atoms with van der Waals surface area (Å²) in [6.07, 6.45) is 14.3. The fourth-order valence-electron chi connectivity index (χ4n) is 4.72. The Labute approximate surface area is 205 Å². The first-order valence-corrected chi connectivity index (χ1v) is 12.1. The van der Waals surface area contributed by atoms with Crippen LogP contribution in [0.15, 0.2) is 86.5 Å². The van der Waals surface area contributed by atoms with Gasteiger partial charge in [0, 0.05) is 20.2 Å². The van der Waals surface area contributed by atoms with E-state index in [9.17, 15) is 0 Å². The van der Waals surface area contributed by atoms with Crippen LogP contribution >= 0.6 is 11.3 Å². The van der Waals surface area contributed by atoms with Gasteiger partial charge in [0.15, 0.2) is 0 Å². The van der Waals surface area contributed by atoms with Crippen LogP contribution in [-0.2, 0) is 0 Å². The van der Waals surface area contributed by atoms with Crippen LogP contribution in [0.5, 0.6) is 0 Å². The Bertz CT molecular complexity index is 1600. The van der Waals surface area contributed by atoms with E-state index in [0.717, 1.165) is 27.8 Å². The van der Waals surface area contributed by atoms with Gasteiger partial charge in [-0.1, -0.05) is 86.5 Å². The highest BCUT2D eigenvalue weighted by Gasteiger charge is 2.19. The quantitative estimate of drug-likeness (QED) is 0.253. The predicted octanol–water partition coefficient (Wildman–Crippen LogP) is 9.96. The van der Waals surface area contributed by atoms with E-state index in [1.165, 1.54) is 36.5 Å². The molecule has 0 saturated heterocycles. The van der Waals surface area contributed by atoms with Crippen molar-refractivity contribution < 1.29 is 0 Å². The number of thiophene rings is 1. The van der Waals surface area contributed by atoms with Crippen LogP contribution in [-0.4, -0.2) is 0 Å². The molecule has 0 aliphatic rings. The van der Waals surface area contributed by atoms with Crippen molar-refractivity contribution >= 4 is 65.6 Å². The maximum Gasteiger partial charge on any atom is 0.0663 e. The highest BCUT2D eigenvalue weighted by atomic mass is 32.1. The molecule has 0 unspecified atom stereocenters. The molecule has 0 amide bonds. The summed E-state index contributed by atoms with van der Waals surface area (Å²) in [6.45, 7) is 16.3. The molecule has 4 rings (SSSR count). The summed E-state index contributed by atoms with van der Waals surface area (Å²) in [4.78, 5) is 0. The Morgan fingerprint density at radius 2 is 1.59 bits per heavy atom. The van der Waals surface area contributed by atoms with E-state index < -0.39 is 0 Å². The lowest BCUT2D eigenvalue weighted by Gasteiger charge is -2.14. The minimum absolute atomic E-state index is 0.339. The number of hydrogen-bond donors (Lipinski definition) is 0. The van der Waals surface area contributed by atoms with Crippen LogP contribution in [0.2, 0.25) is 0 Å². The number of fused-ring (bicyclic) bond motifs is 5. The lowest BCUT2D eigenvalue weighted by molar-refractivity contribution is 1.35. The fourth-order valence-corrected chi connectivity index (χ4v) is 5.94. The summed E-state index contributed by atoms with van der Waals surface area (Å²) in [5, 5.41) is 14.1. The van der Waals surface area contributed by atoms with Crippen molar-refractivity contribution in [2.75, 3.05) is 0 Å². The van der Waals surface area contributed by atoms with Crippen LogP contribution in [0.3, 0.4) is 0 Å². The first kappa shape index (κ1) is 23.2. The van der Waals surface area contributed by atoms with Gasteiger partial charge < -0.3 is 0 Å². The van der Waals surface area contributed by atoms with Gasteiger partial charge in [0.05, 0.1) is 12.5 Å². The first-order valence-electron chi connectivity index (χ1n) is 11.3. The lowest BCUT2D eigenvalue weighted by atomic mass is 9.89. The third-order valence-electron chi connectivity index (χ3n) is 6.17. The second-order valence-corrected chi connectivity index (χ2v) is 9.03. The molecule has 0 spiro atoms. The van der Waals surface area contributed by atoms with Gasteiger partial charge in [0.25, 0.3) is 0 Å². The summed E-state index contributed by atoms with van der Waals surface area (Å²) in [5.74, 6) is 0. The Hall–Kier alpha value is -3.93. The predicted molar refractivity (Wildman–Crippen MR) is 154 cm³/mol. The maximum absolute atomic E-state index is 9.14. The highest BCUT2D eigenvalue weighted by Crippen LogP contribution is 2.45. The summed E-state index contributed by atoms with van der Waals surface area (Å²) < 4.78 is 2.43. The lowest BCUT2D eigenvalue weighted by Crippen LogP contribution is -1.93. The van der Waals surface area contributed by atoms with E-state index in [2.05, 4.69) is 87.4 Å². The van der Waals surface area contributed by atoms with Gasteiger partial charge in [-0.05, 0) is 70.2 Å². The van der Waals surface area contributed by atoms with E-state index >= 15 is 0 Å². The smallest absolute Gasteiger partial charge is 0.0663 e. The molecule has 4 aromatic rings. The minimum Gasteiger partial charge on any atom is -0.198 e. The fraction of sp³-hybridized carbons (Fsp3) is 0.0938. The van der Waals surface area contributed by atoms with Crippen molar-refractivity contribution in [1.29, 1.82) is 5.26 Å². The number of hydrogen-bond acceptors (Lipinski definition) is 2. The normalized spacial score (nSPS) is 12.5. The summed E-state index contributed by atoms with van der Waals surface area (Å²) >= 11 is 1.79. The molecule has 0 radical (unpaired) electrons. The van der Waals surface area contributed by atoms with Crippen molar-refractivity contribution in [3.8, 4) is 6.07 Å². The van der Waals surface area contributed by atoms with Gasteiger partial charge in [-0.3, -0.25) is 0 Å². The SMILES string of the molecule is C=C/C(=C\CC#N)c1cc2sc3cc(/C(C=C)=C/C)c4ccccc4c3c2c(C=C)c1/C=C\C. The van der Waals surface area contributed by atoms with Crippen LogP contribution < -0.4 is 0 Å². The Morgan fingerprint density at radius 1 is 0.912 bits per heavy atom. The van der Waals surface area contributed by atoms with E-state index in [0.29, 0.717) is 6.42 Å². The van der Waals surface area contributed by atoms with Gasteiger partial charge in [-0.25, -0.2) is 0 Å². The molecule has 0 aliphatic heterocycles. The third kappa shape index (κ3) is 3.75. The average molecular weight is 458 g/mol. The van der Waals surface area contributed by atoms with Gasteiger partial charge in [-0.2, -0.15) is 5.26 Å². The van der Waals surface area contributed by atoms with E-state index in [1.54, 1.807) is 11.3 Å². The molecule has 0 saturated carbocycles. The molecule has 166 valence electrons. The second kappa shape index (κ2) is 9.91. The van der Waals surface area contributed by atoms with Crippen molar-refractivity contribution in [3.05, 3.63) is 109 Å². The molecule has 0 aliphatic carbocycles. The molecule has 0 N–H and O–H groups in total. The average Bonchev–Trinajstić information content (AvgIpc) is 3.23. The van der Waals surface area contributed by atoms with Gasteiger partial charge in [0.1, 0.15) is 0 Å². The maximum atomic E-state index is 9.14. The first-order chi connectivity index (χ1) is 16.6. The molecule has 1 nitrogen and oxygen atoms in total. The Morgan fingerprint density at radius 3 is 2.21 bits per heavy atom. The highest BCUT2D eigenvalue weighted by molar-refractivity contribution is 7.26. The molecule has 1 heterocycles. The monoisotopic (exact) mass is 457 g/mol. The van der Waals surface area contributed by atoms with Crippen LogP contribution in [0.4, 0.5) is 0 Å². The largest absolute Gasteiger partial charge is 0.198 e. The molecular formula is C32H27NS. The van der Waals surface area contributed by atoms with Crippen molar-refractivity contribution in [2.45, 2.75) is 20.3 Å². The third-order valence-corrected chi connectivity index (χ3v) is 7.26. The Kier molecular flexibility index (Phi) is 6.77. The summed E-state index contributed by atoms with van der Waals surface area (Å²) in [5.41, 5.74) is 6.56. The van der Waals surface area contributed by atoms with Crippen molar-refractivity contribution in [1.82, 2.24) is 0 Å². The molecule has 2 heteroatoms. The van der Waals surface area contributed by atoms with Crippen LogP contribution in [0.25, 0.3) is 54.2 Å². The number of allylic oxidation sites excluding steroid dienone is 7. The van der Waals surface area contributed by atoms with Crippen molar-refractivity contribution in [3.63, 3.8) is 0 Å². The molecule has 0 bridgehead atoms. The molecule has 0 fully saturated rings. The van der Waals surface area contributed by atoms with Gasteiger partial charge in [-0.15, -0.1) is 11.3 Å². The molecule has 1 aromatic heterocycles. The minimum atomic E-state index is 0.339. The van der Waals surface area contributed by atoms with E-state index in [-0.39, 0.29) is 0 Å². The summed E-state index contributed by atoms with van der Waals surface area (Å²) in [6, 6.07) is 15.3. The number of nitrogens with zero attached hydrogens (tertiary/aromatic N) is 1. The molecule has 34 heavy (non-hydrogen) atoms. The van der Waals surface area contributed by atoms with E-state index in [1.807, 2.05) is 31.2 Å². The van der Waals surface area contributed by atoms with Gasteiger partial charge in [0.2, 0.25) is 0 Å². The zero-order valence-electron chi connectivity index (χ0n) is 19.7. The number of benzene rings is 3. The number of nitriles is 1. The topological polar surface area (TPSA) is 23.8 Å². The van der Waals surface area contributed by atoms with Gasteiger partial charge >= 0.3 is 0 Å². The molecular weight excluding hydrogens is 430 g/mol. The van der Waals surface area contributed by atoms with Crippen molar-refractivity contribution in [2.24, 2.45) is 0 Å². The van der Waals surface area contributed by atoms with Crippen LogP contribution in [0, 0.1) is 11.3 Å². The summed E-state index contributed by atoms with van der Waals surface area (Å²) in [7, 11) is 0. The van der Waals surface area contributed by atoms with E-state index in [4.69, 9.17) is 5.26 Å². The zero-order valence-corrected chi connectivity index (χ0v) is 20.5. The zero-order chi connectivity index (χ0) is 24.2. The standard InChI is InChI=1S/C32H27NS/c1-6-14-24-23(10-5)31-29(20-28(24)22(9-4)15-13-18-33)34-30-19-27(21(7-2)8-3)25-16-11-12-17-26(25)32(30)31/h6-12,14-17,19-20H,2,4-5,13H2,1,3H3/b14-6-,21-8+,22-15+. The molecule has 0 atom stereocenters. The number of rotatable bonds is 7. The van der Waals surface area contributed by atoms with Crippen LogP contribution in [0.1, 0.15) is 42.5 Å².